The summed E-state index contributed by atoms with van der Waals surface area (Å²) in [4.78, 5) is 12.5. The highest BCUT2D eigenvalue weighted by Gasteiger charge is 2.27. The third-order valence-corrected chi connectivity index (χ3v) is 5.37. The van der Waals surface area contributed by atoms with E-state index in [1.165, 1.54) is 5.75 Å². The van der Waals surface area contributed by atoms with E-state index in [9.17, 15) is 0 Å². The SMILES string of the molecule is CC1(C)CN(Cc2nc(N)c3ccsc3n2)CCS1. The summed E-state index contributed by atoms with van der Waals surface area (Å²) in [6, 6.07) is 1.99. The van der Waals surface area contributed by atoms with Crippen LogP contribution in [0.4, 0.5) is 5.82 Å². The number of fused-ring (bicyclic) bond motifs is 1. The first kappa shape index (κ1) is 13.1. The van der Waals surface area contributed by atoms with Gasteiger partial charge in [0, 0.05) is 23.6 Å². The van der Waals surface area contributed by atoms with Crippen LogP contribution in [0.25, 0.3) is 10.2 Å². The standard InChI is InChI=1S/C13H18N4S2/c1-13(2)8-17(4-6-19-13)7-10-15-11(14)9-3-5-18-12(9)16-10/h3,5H,4,6-8H2,1-2H3,(H2,14,15,16). The number of hydrogen-bond acceptors (Lipinski definition) is 6. The average Bonchev–Trinajstić information content (AvgIpc) is 2.76. The Hall–Kier alpha value is -0.850. The molecule has 0 unspecified atom stereocenters. The van der Waals surface area contributed by atoms with E-state index in [4.69, 9.17) is 5.73 Å². The molecule has 1 aliphatic rings. The van der Waals surface area contributed by atoms with Gasteiger partial charge in [0.05, 0.1) is 11.9 Å². The third kappa shape index (κ3) is 2.85. The number of thiophene rings is 1. The number of hydrogen-bond donors (Lipinski definition) is 1. The lowest BCUT2D eigenvalue weighted by atomic mass is 10.2. The van der Waals surface area contributed by atoms with Gasteiger partial charge in [-0.25, -0.2) is 9.97 Å². The normalized spacial score (nSPS) is 19.9. The van der Waals surface area contributed by atoms with Gasteiger partial charge in [-0.15, -0.1) is 11.3 Å². The summed E-state index contributed by atoms with van der Waals surface area (Å²) in [5.74, 6) is 2.62. The van der Waals surface area contributed by atoms with Gasteiger partial charge in [-0.1, -0.05) is 0 Å². The molecule has 1 aliphatic heterocycles. The molecule has 19 heavy (non-hydrogen) atoms. The first-order chi connectivity index (χ1) is 9.03. The average molecular weight is 294 g/mol. The van der Waals surface area contributed by atoms with Crippen LogP contribution in [0.3, 0.4) is 0 Å². The lowest BCUT2D eigenvalue weighted by Crippen LogP contribution is -2.42. The molecule has 1 saturated heterocycles. The molecule has 0 saturated carbocycles. The van der Waals surface area contributed by atoms with Gasteiger partial charge in [-0.3, -0.25) is 4.90 Å². The maximum atomic E-state index is 5.99. The Bertz CT molecular complexity index is 593. The number of nitrogens with two attached hydrogens (primary N) is 1. The summed E-state index contributed by atoms with van der Waals surface area (Å²) in [5.41, 5.74) is 5.99. The van der Waals surface area contributed by atoms with Crippen LogP contribution in [-0.4, -0.2) is 38.5 Å². The molecule has 0 aliphatic carbocycles. The van der Waals surface area contributed by atoms with Gasteiger partial charge in [-0.2, -0.15) is 11.8 Å². The molecule has 0 bridgehead atoms. The van der Waals surface area contributed by atoms with E-state index in [2.05, 4.69) is 28.7 Å². The van der Waals surface area contributed by atoms with Crippen LogP contribution in [-0.2, 0) is 6.54 Å². The zero-order valence-electron chi connectivity index (χ0n) is 11.2. The number of nitrogen functional groups attached to an aromatic ring is 1. The Balaban J connectivity index is 1.81. The molecule has 0 spiro atoms. The smallest absolute Gasteiger partial charge is 0.146 e. The number of rotatable bonds is 2. The highest BCUT2D eigenvalue weighted by Crippen LogP contribution is 2.30. The summed E-state index contributed by atoms with van der Waals surface area (Å²) in [6.07, 6.45) is 0. The molecule has 2 aromatic heterocycles. The predicted molar refractivity (Wildman–Crippen MR) is 83.6 cm³/mol. The van der Waals surface area contributed by atoms with E-state index in [0.29, 0.717) is 10.6 Å². The van der Waals surface area contributed by atoms with E-state index in [0.717, 1.165) is 35.7 Å². The van der Waals surface area contributed by atoms with E-state index >= 15 is 0 Å². The number of thioether (sulfide) groups is 1. The van der Waals surface area contributed by atoms with Crippen molar-refractivity contribution in [3.63, 3.8) is 0 Å². The first-order valence-corrected chi connectivity index (χ1v) is 8.26. The summed E-state index contributed by atoms with van der Waals surface area (Å²) in [7, 11) is 0. The van der Waals surface area contributed by atoms with Crippen LogP contribution < -0.4 is 5.73 Å². The lowest BCUT2D eigenvalue weighted by Gasteiger charge is -2.37. The Morgan fingerprint density at radius 2 is 2.26 bits per heavy atom. The van der Waals surface area contributed by atoms with Crippen molar-refractivity contribution in [2.24, 2.45) is 0 Å². The molecule has 0 atom stereocenters. The van der Waals surface area contributed by atoms with Crippen LogP contribution in [0.5, 0.6) is 0 Å². The van der Waals surface area contributed by atoms with Crippen molar-refractivity contribution in [1.82, 2.24) is 14.9 Å². The van der Waals surface area contributed by atoms with Crippen LogP contribution in [0, 0.1) is 0 Å². The molecule has 2 N–H and O–H groups in total. The minimum absolute atomic E-state index is 0.316. The maximum absolute atomic E-state index is 5.99. The van der Waals surface area contributed by atoms with Crippen molar-refractivity contribution in [1.29, 1.82) is 0 Å². The molecular weight excluding hydrogens is 276 g/mol. The molecule has 3 rings (SSSR count). The van der Waals surface area contributed by atoms with Crippen molar-refractivity contribution in [3.05, 3.63) is 17.3 Å². The maximum Gasteiger partial charge on any atom is 0.146 e. The van der Waals surface area contributed by atoms with Gasteiger partial charge in [0.15, 0.2) is 0 Å². The van der Waals surface area contributed by atoms with Crippen molar-refractivity contribution < 1.29 is 0 Å². The molecule has 0 amide bonds. The van der Waals surface area contributed by atoms with E-state index in [-0.39, 0.29) is 0 Å². The molecule has 2 aromatic rings. The second-order valence-corrected chi connectivity index (χ2v) is 8.18. The largest absolute Gasteiger partial charge is 0.383 e. The molecule has 102 valence electrons. The number of anilines is 1. The zero-order chi connectivity index (χ0) is 13.5. The molecular formula is C13H18N4S2. The zero-order valence-corrected chi connectivity index (χ0v) is 12.9. The van der Waals surface area contributed by atoms with Gasteiger partial charge in [0.25, 0.3) is 0 Å². The molecule has 3 heterocycles. The Labute approximate surface area is 121 Å². The summed E-state index contributed by atoms with van der Waals surface area (Å²) < 4.78 is 0.316. The van der Waals surface area contributed by atoms with Crippen LogP contribution in [0.2, 0.25) is 0 Å². The Kier molecular flexibility index (Phi) is 3.41. The van der Waals surface area contributed by atoms with Crippen molar-refractivity contribution >= 4 is 39.1 Å². The van der Waals surface area contributed by atoms with Crippen molar-refractivity contribution in [2.45, 2.75) is 25.1 Å². The first-order valence-electron chi connectivity index (χ1n) is 6.39. The molecule has 4 nitrogen and oxygen atoms in total. The van der Waals surface area contributed by atoms with Crippen molar-refractivity contribution in [3.8, 4) is 0 Å². The highest BCUT2D eigenvalue weighted by atomic mass is 32.2. The molecule has 0 aromatic carbocycles. The molecule has 0 radical (unpaired) electrons. The third-order valence-electron chi connectivity index (χ3n) is 3.27. The molecule has 6 heteroatoms. The van der Waals surface area contributed by atoms with Gasteiger partial charge in [0.1, 0.15) is 16.5 Å². The fourth-order valence-corrected chi connectivity index (χ4v) is 4.41. The van der Waals surface area contributed by atoms with Gasteiger partial charge in [-0.05, 0) is 25.3 Å². The quantitative estimate of drug-likeness (QED) is 0.922. The fraction of sp³-hybridized carbons (Fsp3) is 0.538. The van der Waals surface area contributed by atoms with E-state index in [1.54, 1.807) is 11.3 Å². The minimum Gasteiger partial charge on any atom is -0.383 e. The minimum atomic E-state index is 0.316. The van der Waals surface area contributed by atoms with Crippen LogP contribution in [0.1, 0.15) is 19.7 Å². The number of nitrogens with zero attached hydrogens (tertiary/aromatic N) is 3. The summed E-state index contributed by atoms with van der Waals surface area (Å²) in [5, 5.41) is 2.99. The van der Waals surface area contributed by atoms with Gasteiger partial charge >= 0.3 is 0 Å². The second kappa shape index (κ2) is 4.92. The lowest BCUT2D eigenvalue weighted by molar-refractivity contribution is 0.247. The molecule has 1 fully saturated rings. The topological polar surface area (TPSA) is 55.0 Å². The highest BCUT2D eigenvalue weighted by molar-refractivity contribution is 8.00. The number of aromatic nitrogens is 2. The Morgan fingerprint density at radius 1 is 1.42 bits per heavy atom. The fourth-order valence-electron chi connectivity index (χ4n) is 2.44. The van der Waals surface area contributed by atoms with Crippen LogP contribution in [0.15, 0.2) is 11.4 Å². The van der Waals surface area contributed by atoms with E-state index in [1.807, 2.05) is 23.2 Å². The van der Waals surface area contributed by atoms with Crippen LogP contribution >= 0.6 is 23.1 Å². The van der Waals surface area contributed by atoms with Gasteiger partial charge in [0.2, 0.25) is 0 Å². The monoisotopic (exact) mass is 294 g/mol. The summed E-state index contributed by atoms with van der Waals surface area (Å²) >= 11 is 3.66. The predicted octanol–water partition coefficient (Wildman–Crippen LogP) is 2.60. The Morgan fingerprint density at radius 3 is 3.05 bits per heavy atom. The van der Waals surface area contributed by atoms with Gasteiger partial charge < -0.3 is 5.73 Å². The van der Waals surface area contributed by atoms with Crippen molar-refractivity contribution in [2.75, 3.05) is 24.6 Å². The second-order valence-electron chi connectivity index (χ2n) is 5.48. The van der Waals surface area contributed by atoms with E-state index < -0.39 is 0 Å². The summed E-state index contributed by atoms with van der Waals surface area (Å²) in [6.45, 7) is 7.55.